The second-order valence-electron chi connectivity index (χ2n) is 8.12. The number of carbonyl (C=O) groups is 1. The molecule has 0 aliphatic carbocycles. The summed E-state index contributed by atoms with van der Waals surface area (Å²) >= 11 is 0. The van der Waals surface area contributed by atoms with Gasteiger partial charge in [0.05, 0.1) is 16.3 Å². The van der Waals surface area contributed by atoms with E-state index in [-0.39, 0.29) is 10.8 Å². The maximum Gasteiger partial charge on any atom is 0.253 e. The van der Waals surface area contributed by atoms with Crippen LogP contribution in [0, 0.1) is 0 Å². The fourth-order valence-corrected chi connectivity index (χ4v) is 4.51. The first-order valence-corrected chi connectivity index (χ1v) is 12.2. The minimum Gasteiger partial charge on any atom is -0.337 e. The number of aromatic nitrogens is 2. The van der Waals surface area contributed by atoms with Gasteiger partial charge in [-0.3, -0.25) is 4.79 Å². The zero-order chi connectivity index (χ0) is 24.3. The highest BCUT2D eigenvalue weighted by Gasteiger charge is 2.20. The van der Waals surface area contributed by atoms with Crippen molar-refractivity contribution >= 4 is 15.9 Å². The van der Waals surface area contributed by atoms with Gasteiger partial charge in [-0.25, -0.2) is 17.4 Å². The van der Waals surface area contributed by atoms with Crippen LogP contribution in [0.3, 0.4) is 0 Å². The molecule has 0 saturated heterocycles. The van der Waals surface area contributed by atoms with E-state index in [1.54, 1.807) is 24.1 Å². The lowest BCUT2D eigenvalue weighted by molar-refractivity contribution is 0.0785. The lowest BCUT2D eigenvalue weighted by Gasteiger charge is -2.18. The maximum absolute atomic E-state index is 13.1. The molecule has 0 aliphatic rings. The van der Waals surface area contributed by atoms with Gasteiger partial charge in [-0.15, -0.1) is 0 Å². The Morgan fingerprint density at radius 2 is 1.44 bits per heavy atom. The molecule has 4 aromatic rings. The van der Waals surface area contributed by atoms with E-state index in [0.717, 1.165) is 26.8 Å². The van der Waals surface area contributed by atoms with Crippen LogP contribution in [-0.2, 0) is 16.6 Å². The van der Waals surface area contributed by atoms with Crippen LogP contribution in [-0.4, -0.2) is 54.5 Å². The predicted octanol–water partition coefficient (Wildman–Crippen LogP) is 4.06. The maximum atomic E-state index is 13.1. The van der Waals surface area contributed by atoms with Crippen molar-refractivity contribution in [2.45, 2.75) is 11.4 Å². The summed E-state index contributed by atoms with van der Waals surface area (Å²) in [6.45, 7) is 0.341. The Kier molecular flexibility index (Phi) is 6.63. The first-order valence-electron chi connectivity index (χ1n) is 10.7. The Morgan fingerprint density at radius 3 is 2.03 bits per heavy atom. The van der Waals surface area contributed by atoms with Gasteiger partial charge in [-0.05, 0) is 36.4 Å². The molecule has 4 rings (SSSR count). The smallest absolute Gasteiger partial charge is 0.253 e. The van der Waals surface area contributed by atoms with E-state index in [1.165, 1.54) is 26.2 Å². The van der Waals surface area contributed by atoms with E-state index >= 15 is 0 Å². The number of carbonyl (C=O) groups excluding carboxylic acids is 1. The minimum absolute atomic E-state index is 0.146. The van der Waals surface area contributed by atoms with Crippen molar-refractivity contribution in [3.8, 4) is 16.9 Å². The predicted molar refractivity (Wildman–Crippen MR) is 132 cm³/mol. The first kappa shape index (κ1) is 23.4. The van der Waals surface area contributed by atoms with Crippen LogP contribution in [0.4, 0.5) is 0 Å². The second kappa shape index (κ2) is 9.62. The summed E-state index contributed by atoms with van der Waals surface area (Å²) in [5, 5.41) is 4.80. The summed E-state index contributed by atoms with van der Waals surface area (Å²) in [7, 11) is 1.12. The van der Waals surface area contributed by atoms with Crippen LogP contribution in [0.15, 0.2) is 96.0 Å². The Morgan fingerprint density at radius 1 is 0.853 bits per heavy atom. The summed E-state index contributed by atoms with van der Waals surface area (Å²) in [6.07, 6.45) is 1.94. The fourth-order valence-electron chi connectivity index (χ4n) is 3.61. The monoisotopic (exact) mass is 474 g/mol. The SMILES string of the molecule is CN(Cc1cn(-c2ccccc2)nc1-c1ccccc1)C(=O)c1ccc(S(=O)(=O)N(C)C)cc1. The van der Waals surface area contributed by atoms with Gasteiger partial charge in [-0.2, -0.15) is 5.10 Å². The van der Waals surface area contributed by atoms with Crippen molar-refractivity contribution in [3.05, 3.63) is 102 Å². The molecule has 8 heteroatoms. The molecule has 1 amide bonds. The van der Waals surface area contributed by atoms with Crippen molar-refractivity contribution in [3.63, 3.8) is 0 Å². The zero-order valence-electron chi connectivity index (χ0n) is 19.3. The van der Waals surface area contributed by atoms with Crippen LogP contribution in [0.25, 0.3) is 16.9 Å². The van der Waals surface area contributed by atoms with E-state index in [4.69, 9.17) is 5.10 Å². The molecule has 3 aromatic carbocycles. The highest BCUT2D eigenvalue weighted by molar-refractivity contribution is 7.89. The van der Waals surface area contributed by atoms with Crippen LogP contribution in [0.1, 0.15) is 15.9 Å². The van der Waals surface area contributed by atoms with Crippen molar-refractivity contribution in [1.82, 2.24) is 19.0 Å². The highest BCUT2D eigenvalue weighted by atomic mass is 32.2. The normalized spacial score (nSPS) is 11.5. The van der Waals surface area contributed by atoms with Crippen molar-refractivity contribution < 1.29 is 13.2 Å². The zero-order valence-corrected chi connectivity index (χ0v) is 20.1. The van der Waals surface area contributed by atoms with Crippen LogP contribution in [0.2, 0.25) is 0 Å². The average molecular weight is 475 g/mol. The number of benzene rings is 3. The molecule has 0 atom stereocenters. The summed E-state index contributed by atoms with van der Waals surface area (Å²) in [5.74, 6) is -0.208. The molecule has 0 unspecified atom stereocenters. The number of para-hydroxylation sites is 1. The van der Waals surface area contributed by atoms with Crippen molar-refractivity contribution in [2.24, 2.45) is 0 Å². The molecule has 0 bridgehead atoms. The number of amides is 1. The van der Waals surface area contributed by atoms with Crippen molar-refractivity contribution in [2.75, 3.05) is 21.1 Å². The largest absolute Gasteiger partial charge is 0.337 e. The topological polar surface area (TPSA) is 75.5 Å². The molecule has 0 fully saturated rings. The molecule has 0 saturated carbocycles. The first-order chi connectivity index (χ1) is 16.3. The Bertz CT molecular complexity index is 1380. The van der Waals surface area contributed by atoms with Gasteiger partial charge in [0.1, 0.15) is 0 Å². The second-order valence-corrected chi connectivity index (χ2v) is 10.3. The van der Waals surface area contributed by atoms with Gasteiger partial charge in [0.2, 0.25) is 10.0 Å². The quantitative estimate of drug-likeness (QED) is 0.405. The molecule has 0 aliphatic heterocycles. The van der Waals surface area contributed by atoms with Gasteiger partial charge in [-0.1, -0.05) is 48.5 Å². The standard InChI is InChI=1S/C26H26N4O3S/c1-28(2)34(32,33)24-16-14-21(15-17-24)26(31)29(3)18-22-19-30(23-12-8-5-9-13-23)27-25(22)20-10-6-4-7-11-20/h4-17,19H,18H2,1-3H3. The molecule has 34 heavy (non-hydrogen) atoms. The molecule has 174 valence electrons. The van der Waals surface area contributed by atoms with E-state index in [1.807, 2.05) is 71.5 Å². The number of hydrogen-bond donors (Lipinski definition) is 0. The Balaban J connectivity index is 1.61. The Hall–Kier alpha value is -3.75. The minimum atomic E-state index is -3.55. The number of hydrogen-bond acceptors (Lipinski definition) is 4. The molecule has 1 heterocycles. The van der Waals surface area contributed by atoms with Gasteiger partial charge in [0.15, 0.2) is 0 Å². The summed E-state index contributed by atoms with van der Waals surface area (Å²) < 4.78 is 27.6. The van der Waals surface area contributed by atoms with E-state index in [0.29, 0.717) is 12.1 Å². The average Bonchev–Trinajstić information content (AvgIpc) is 3.28. The summed E-state index contributed by atoms with van der Waals surface area (Å²) in [5.41, 5.74) is 4.01. The van der Waals surface area contributed by atoms with E-state index < -0.39 is 10.0 Å². The van der Waals surface area contributed by atoms with Crippen molar-refractivity contribution in [1.29, 1.82) is 0 Å². The highest BCUT2D eigenvalue weighted by Crippen LogP contribution is 2.25. The van der Waals surface area contributed by atoms with E-state index in [9.17, 15) is 13.2 Å². The lowest BCUT2D eigenvalue weighted by Crippen LogP contribution is -2.26. The van der Waals surface area contributed by atoms with Crippen LogP contribution < -0.4 is 0 Å². The number of sulfonamides is 1. The lowest BCUT2D eigenvalue weighted by atomic mass is 10.1. The third-order valence-corrected chi connectivity index (χ3v) is 7.32. The molecule has 7 nitrogen and oxygen atoms in total. The van der Waals surface area contributed by atoms with Gasteiger partial charge >= 0.3 is 0 Å². The molecule has 0 N–H and O–H groups in total. The molecular weight excluding hydrogens is 448 g/mol. The van der Waals surface area contributed by atoms with Crippen LogP contribution >= 0.6 is 0 Å². The van der Waals surface area contributed by atoms with Crippen LogP contribution in [0.5, 0.6) is 0 Å². The van der Waals surface area contributed by atoms with Gasteiger partial charge < -0.3 is 4.90 Å². The fraction of sp³-hybridized carbons (Fsp3) is 0.154. The number of rotatable bonds is 7. The molecule has 1 aromatic heterocycles. The molecule has 0 spiro atoms. The molecular formula is C26H26N4O3S. The third-order valence-electron chi connectivity index (χ3n) is 5.49. The molecule has 0 radical (unpaired) electrons. The van der Waals surface area contributed by atoms with Gasteiger partial charge in [0.25, 0.3) is 5.91 Å². The Labute approximate surface area is 199 Å². The summed E-state index contributed by atoms with van der Waals surface area (Å²) in [4.78, 5) is 14.9. The van der Waals surface area contributed by atoms with E-state index in [2.05, 4.69) is 0 Å². The number of nitrogens with zero attached hydrogens (tertiary/aromatic N) is 4. The third kappa shape index (κ3) is 4.78. The van der Waals surface area contributed by atoms with Gasteiger partial charge in [0, 0.05) is 50.6 Å². The summed E-state index contributed by atoms with van der Waals surface area (Å²) in [6, 6.07) is 25.7.